The fourth-order valence-electron chi connectivity index (χ4n) is 1.67. The molecule has 0 saturated carbocycles. The molecule has 0 fully saturated rings. The Morgan fingerprint density at radius 1 is 1.47 bits per heavy atom. The maximum atomic E-state index is 11.6. The van der Waals surface area contributed by atoms with E-state index >= 15 is 0 Å². The summed E-state index contributed by atoms with van der Waals surface area (Å²) >= 11 is 2.23. The van der Waals surface area contributed by atoms with Crippen molar-refractivity contribution in [3.63, 3.8) is 0 Å². The molecule has 1 aromatic carbocycles. The summed E-state index contributed by atoms with van der Waals surface area (Å²) in [4.78, 5) is 11.6. The third-order valence-electron chi connectivity index (χ3n) is 2.37. The lowest BCUT2D eigenvalue weighted by Crippen LogP contribution is -2.00. The molecule has 1 heterocycles. The van der Waals surface area contributed by atoms with E-state index < -0.39 is 0 Å². The van der Waals surface area contributed by atoms with E-state index in [0.29, 0.717) is 5.56 Å². The number of fused-ring (bicyclic) bond motifs is 1. The molecule has 2 aromatic rings. The molecule has 0 radical (unpaired) electrons. The summed E-state index contributed by atoms with van der Waals surface area (Å²) in [5.74, 6) is -0.287. The lowest BCUT2D eigenvalue weighted by atomic mass is 10.2. The van der Waals surface area contributed by atoms with Gasteiger partial charge in [-0.2, -0.15) is 0 Å². The average Bonchev–Trinajstić information content (AvgIpc) is 2.57. The van der Waals surface area contributed by atoms with Crippen molar-refractivity contribution in [1.29, 1.82) is 0 Å². The first-order chi connectivity index (χ1) is 7.15. The zero-order valence-corrected chi connectivity index (χ0v) is 10.6. The minimum absolute atomic E-state index is 0.287. The number of nitrogens with zero attached hydrogens (tertiary/aromatic N) is 1. The molecule has 0 N–H and O–H groups in total. The Bertz CT molecular complexity index is 531. The highest BCUT2D eigenvalue weighted by Gasteiger charge is 2.15. The first-order valence-corrected chi connectivity index (χ1v) is 5.55. The third-order valence-corrected chi connectivity index (χ3v) is 3.27. The summed E-state index contributed by atoms with van der Waals surface area (Å²) in [6.07, 6.45) is 1.80. The highest BCUT2D eigenvalue weighted by molar-refractivity contribution is 14.1. The van der Waals surface area contributed by atoms with E-state index in [1.165, 1.54) is 7.11 Å². The van der Waals surface area contributed by atoms with Gasteiger partial charge in [0.15, 0.2) is 0 Å². The van der Waals surface area contributed by atoms with Crippen LogP contribution in [-0.2, 0) is 11.8 Å². The quantitative estimate of drug-likeness (QED) is 0.598. The van der Waals surface area contributed by atoms with E-state index in [4.69, 9.17) is 4.74 Å². The van der Waals surface area contributed by atoms with Crippen molar-refractivity contribution in [3.05, 3.63) is 33.5 Å². The van der Waals surface area contributed by atoms with Gasteiger partial charge in [-0.15, -0.1) is 0 Å². The summed E-state index contributed by atoms with van der Waals surface area (Å²) in [7, 11) is 3.32. The number of carbonyl (C=O) groups is 1. The zero-order valence-electron chi connectivity index (χ0n) is 8.45. The van der Waals surface area contributed by atoms with E-state index in [-0.39, 0.29) is 5.97 Å². The summed E-state index contributed by atoms with van der Waals surface area (Å²) in [5, 5.41) is 0.965. The topological polar surface area (TPSA) is 31.2 Å². The van der Waals surface area contributed by atoms with Crippen LogP contribution in [0.2, 0.25) is 0 Å². The molecule has 4 heteroatoms. The van der Waals surface area contributed by atoms with Crippen LogP contribution in [0.3, 0.4) is 0 Å². The largest absolute Gasteiger partial charge is 0.465 e. The van der Waals surface area contributed by atoms with E-state index in [9.17, 15) is 4.79 Å². The molecule has 15 heavy (non-hydrogen) atoms. The Balaban J connectivity index is 2.81. The van der Waals surface area contributed by atoms with Gasteiger partial charge in [-0.3, -0.25) is 0 Å². The number of aromatic nitrogens is 1. The van der Waals surface area contributed by atoms with Crippen molar-refractivity contribution in [3.8, 4) is 0 Å². The molecule has 2 rings (SSSR count). The van der Waals surface area contributed by atoms with Gasteiger partial charge in [0.1, 0.15) is 0 Å². The number of aryl methyl sites for hydroxylation is 1. The van der Waals surface area contributed by atoms with E-state index in [2.05, 4.69) is 22.6 Å². The van der Waals surface area contributed by atoms with Crippen molar-refractivity contribution < 1.29 is 9.53 Å². The molecule has 0 aliphatic carbocycles. The number of esters is 1. The fourth-order valence-corrected chi connectivity index (χ4v) is 2.44. The Kier molecular flexibility index (Phi) is 2.68. The number of halogens is 1. The van der Waals surface area contributed by atoms with Gasteiger partial charge >= 0.3 is 5.97 Å². The van der Waals surface area contributed by atoms with Gasteiger partial charge in [0.25, 0.3) is 0 Å². The maximum absolute atomic E-state index is 11.6. The molecule has 0 atom stereocenters. The van der Waals surface area contributed by atoms with Crippen LogP contribution < -0.4 is 0 Å². The first kappa shape index (κ1) is 10.5. The smallest absolute Gasteiger partial charge is 0.340 e. The minimum atomic E-state index is -0.287. The molecule has 1 aromatic heterocycles. The van der Waals surface area contributed by atoms with E-state index in [1.54, 1.807) is 6.20 Å². The molecule has 0 bridgehead atoms. The van der Waals surface area contributed by atoms with Gasteiger partial charge in [-0.05, 0) is 34.7 Å². The van der Waals surface area contributed by atoms with Gasteiger partial charge in [-0.1, -0.05) is 6.07 Å². The van der Waals surface area contributed by atoms with Crippen molar-refractivity contribution in [2.45, 2.75) is 0 Å². The summed E-state index contributed by atoms with van der Waals surface area (Å²) in [6.45, 7) is 0. The summed E-state index contributed by atoms with van der Waals surface area (Å²) in [6, 6.07) is 5.95. The number of benzene rings is 1. The molecule has 0 amide bonds. The Morgan fingerprint density at radius 3 is 2.87 bits per heavy atom. The molecule has 78 valence electrons. The molecule has 0 aliphatic heterocycles. The van der Waals surface area contributed by atoms with Crippen LogP contribution in [0.5, 0.6) is 0 Å². The van der Waals surface area contributed by atoms with Gasteiger partial charge in [0.05, 0.1) is 12.7 Å². The second-order valence-electron chi connectivity index (χ2n) is 3.28. The molecule has 0 saturated heterocycles. The normalized spacial score (nSPS) is 10.6. The highest BCUT2D eigenvalue weighted by Crippen LogP contribution is 2.26. The molecular formula is C11H10INO2. The monoisotopic (exact) mass is 315 g/mol. The first-order valence-electron chi connectivity index (χ1n) is 4.47. The van der Waals surface area contributed by atoms with Crippen LogP contribution in [-0.4, -0.2) is 17.6 Å². The second-order valence-corrected chi connectivity index (χ2v) is 4.44. The van der Waals surface area contributed by atoms with Crippen LogP contribution in [0.1, 0.15) is 10.4 Å². The molecule has 0 unspecified atom stereocenters. The van der Waals surface area contributed by atoms with Crippen molar-refractivity contribution >= 4 is 39.5 Å². The lowest BCUT2D eigenvalue weighted by molar-refractivity contribution is 0.0602. The number of rotatable bonds is 1. The lowest BCUT2D eigenvalue weighted by Gasteiger charge is -1.98. The predicted octanol–water partition coefficient (Wildman–Crippen LogP) is 2.57. The highest BCUT2D eigenvalue weighted by atomic mass is 127. The standard InChI is InChI=1S/C11H10INO2/c1-13-6-7(11(14)15-2)10-8(12)4-3-5-9(10)13/h3-6H,1-2H3. The van der Waals surface area contributed by atoms with Crippen LogP contribution in [0.15, 0.2) is 24.4 Å². The molecule has 0 spiro atoms. The number of hydrogen-bond donors (Lipinski definition) is 0. The Morgan fingerprint density at radius 2 is 2.20 bits per heavy atom. The van der Waals surface area contributed by atoms with Gasteiger partial charge in [-0.25, -0.2) is 4.79 Å². The minimum Gasteiger partial charge on any atom is -0.465 e. The van der Waals surface area contributed by atoms with Crippen LogP contribution in [0, 0.1) is 3.57 Å². The van der Waals surface area contributed by atoms with Gasteiger partial charge in [0, 0.05) is 27.7 Å². The SMILES string of the molecule is COC(=O)c1cn(C)c2cccc(I)c12. The third kappa shape index (κ3) is 1.62. The van der Waals surface area contributed by atoms with Crippen LogP contribution >= 0.6 is 22.6 Å². The Labute approximate surface area is 101 Å². The van der Waals surface area contributed by atoms with Gasteiger partial charge < -0.3 is 9.30 Å². The van der Waals surface area contributed by atoms with E-state index in [1.807, 2.05) is 29.8 Å². The van der Waals surface area contributed by atoms with Crippen molar-refractivity contribution in [1.82, 2.24) is 4.57 Å². The van der Waals surface area contributed by atoms with Crippen LogP contribution in [0.4, 0.5) is 0 Å². The Hall–Kier alpha value is -1.04. The van der Waals surface area contributed by atoms with Crippen molar-refractivity contribution in [2.24, 2.45) is 7.05 Å². The maximum Gasteiger partial charge on any atom is 0.340 e. The molecule has 3 nitrogen and oxygen atoms in total. The molecular weight excluding hydrogens is 305 g/mol. The zero-order chi connectivity index (χ0) is 11.0. The van der Waals surface area contributed by atoms with Crippen LogP contribution in [0.25, 0.3) is 10.9 Å². The number of carbonyl (C=O) groups excluding carboxylic acids is 1. The number of methoxy groups -OCH3 is 1. The second kappa shape index (κ2) is 3.84. The van der Waals surface area contributed by atoms with Gasteiger partial charge in [0.2, 0.25) is 0 Å². The summed E-state index contributed by atoms with van der Waals surface area (Å²) in [5.41, 5.74) is 1.67. The molecule has 0 aliphatic rings. The average molecular weight is 315 g/mol. The fraction of sp³-hybridized carbons (Fsp3) is 0.182. The van der Waals surface area contributed by atoms with Crippen molar-refractivity contribution in [2.75, 3.05) is 7.11 Å². The number of ether oxygens (including phenoxy) is 1. The number of hydrogen-bond acceptors (Lipinski definition) is 2. The summed E-state index contributed by atoms with van der Waals surface area (Å²) < 4.78 is 7.75. The predicted molar refractivity (Wildman–Crippen MR) is 67.0 cm³/mol. The van der Waals surface area contributed by atoms with E-state index in [0.717, 1.165) is 14.5 Å².